The predicted octanol–water partition coefficient (Wildman–Crippen LogP) is 1.06. The number of nitrogens with zero attached hydrogens (tertiary/aromatic N) is 1. The van der Waals surface area contributed by atoms with Crippen LogP contribution in [0, 0.1) is 0 Å². The molecule has 0 aromatic rings. The predicted molar refractivity (Wildman–Crippen MR) is 37.4 cm³/mol. The molecule has 4 heteroatoms. The molecule has 0 saturated carbocycles. The monoisotopic (exact) mass is 165 g/mol. The van der Waals surface area contributed by atoms with Gasteiger partial charge in [-0.1, -0.05) is 0 Å². The maximum Gasteiger partial charge on any atom is 0.260 e. The van der Waals surface area contributed by atoms with Crippen molar-refractivity contribution in [2.24, 2.45) is 0 Å². The maximum atomic E-state index is 12.7. The second kappa shape index (κ2) is 3.03. The maximum absolute atomic E-state index is 12.7. The van der Waals surface area contributed by atoms with Gasteiger partial charge in [0.15, 0.2) is 0 Å². The summed E-state index contributed by atoms with van der Waals surface area (Å²) in [5.41, 5.74) is 0. The normalized spacial score (nSPS) is 28.4. The van der Waals surface area contributed by atoms with Gasteiger partial charge in [-0.3, -0.25) is 4.90 Å². The molecular weight excluding hydrogens is 152 g/mol. The van der Waals surface area contributed by atoms with E-state index in [-0.39, 0.29) is 13.0 Å². The Morgan fingerprint density at radius 3 is 2.55 bits per heavy atom. The molecule has 0 bridgehead atoms. The van der Waals surface area contributed by atoms with E-state index >= 15 is 0 Å². The van der Waals surface area contributed by atoms with Gasteiger partial charge in [0.05, 0.1) is 6.54 Å². The number of aliphatic hydroxyl groups excluding tert-OH is 1. The summed E-state index contributed by atoms with van der Waals surface area (Å²) in [7, 11) is 0. The Bertz CT molecular complexity index is 138. The molecule has 1 N–H and O–H groups in total. The first-order valence-corrected chi connectivity index (χ1v) is 3.81. The first-order chi connectivity index (χ1) is 5.01. The van der Waals surface area contributed by atoms with Gasteiger partial charge in [-0.05, 0) is 13.3 Å². The lowest BCUT2D eigenvalue weighted by Crippen LogP contribution is -2.46. The van der Waals surface area contributed by atoms with Crippen LogP contribution in [0.25, 0.3) is 0 Å². The Balaban J connectivity index is 2.46. The van der Waals surface area contributed by atoms with E-state index in [1.54, 1.807) is 0 Å². The quantitative estimate of drug-likeness (QED) is 0.628. The molecule has 0 aromatic carbocycles. The van der Waals surface area contributed by atoms with Gasteiger partial charge in [-0.2, -0.15) is 0 Å². The van der Waals surface area contributed by atoms with Gasteiger partial charge in [0.25, 0.3) is 5.92 Å². The molecule has 1 aliphatic rings. The second-order valence-corrected chi connectivity index (χ2v) is 3.06. The molecule has 1 fully saturated rings. The number of halogens is 2. The lowest BCUT2D eigenvalue weighted by molar-refractivity contribution is -0.107. The highest BCUT2D eigenvalue weighted by atomic mass is 19.3. The van der Waals surface area contributed by atoms with Crippen LogP contribution in [0.1, 0.15) is 19.8 Å². The third-order valence-electron chi connectivity index (χ3n) is 1.95. The topological polar surface area (TPSA) is 23.5 Å². The molecule has 1 atom stereocenters. The Morgan fingerprint density at radius 2 is 2.18 bits per heavy atom. The second-order valence-electron chi connectivity index (χ2n) is 3.06. The summed E-state index contributed by atoms with van der Waals surface area (Å²) in [4.78, 5) is 1.39. The Hall–Kier alpha value is -0.220. The van der Waals surface area contributed by atoms with E-state index in [2.05, 4.69) is 0 Å². The Labute approximate surface area is 64.8 Å². The smallest absolute Gasteiger partial charge is 0.260 e. The van der Waals surface area contributed by atoms with Crippen molar-refractivity contribution in [3.63, 3.8) is 0 Å². The third kappa shape index (κ3) is 2.38. The van der Waals surface area contributed by atoms with Gasteiger partial charge in [-0.25, -0.2) is 8.78 Å². The van der Waals surface area contributed by atoms with Crippen molar-refractivity contribution in [2.45, 2.75) is 31.9 Å². The van der Waals surface area contributed by atoms with Crippen molar-refractivity contribution < 1.29 is 13.9 Å². The number of hydrogen-bond acceptors (Lipinski definition) is 2. The van der Waals surface area contributed by atoms with Crippen molar-refractivity contribution in [2.75, 3.05) is 13.1 Å². The van der Waals surface area contributed by atoms with E-state index < -0.39 is 12.2 Å². The van der Waals surface area contributed by atoms with Crippen molar-refractivity contribution >= 4 is 0 Å². The highest BCUT2D eigenvalue weighted by molar-refractivity contribution is 4.78. The first-order valence-electron chi connectivity index (χ1n) is 3.81. The number of rotatable bonds is 1. The van der Waals surface area contributed by atoms with Crippen LogP contribution in [-0.2, 0) is 0 Å². The summed E-state index contributed by atoms with van der Waals surface area (Å²) in [5.74, 6) is -2.60. The molecule has 1 aliphatic heterocycles. The van der Waals surface area contributed by atoms with Gasteiger partial charge in [0.2, 0.25) is 0 Å². The Morgan fingerprint density at radius 1 is 1.55 bits per heavy atom. The zero-order valence-corrected chi connectivity index (χ0v) is 6.56. The van der Waals surface area contributed by atoms with Crippen LogP contribution < -0.4 is 0 Å². The molecular formula is C7H13F2NO. The van der Waals surface area contributed by atoms with Crippen molar-refractivity contribution in [3.05, 3.63) is 0 Å². The van der Waals surface area contributed by atoms with Crippen molar-refractivity contribution in [1.82, 2.24) is 4.90 Å². The van der Waals surface area contributed by atoms with Crippen LogP contribution in [0.5, 0.6) is 0 Å². The minimum atomic E-state index is -2.60. The molecule has 1 unspecified atom stereocenters. The minimum absolute atomic E-state index is 0.0454. The van der Waals surface area contributed by atoms with E-state index in [4.69, 9.17) is 5.11 Å². The zero-order chi connectivity index (χ0) is 8.48. The summed E-state index contributed by atoms with van der Waals surface area (Å²) in [5, 5.41) is 9.00. The van der Waals surface area contributed by atoms with Gasteiger partial charge < -0.3 is 5.11 Å². The summed E-state index contributed by atoms with van der Waals surface area (Å²) >= 11 is 0. The number of likely N-dealkylation sites (tertiary alicyclic amines) is 1. The summed E-state index contributed by atoms with van der Waals surface area (Å²) in [6, 6.07) is 0. The molecule has 0 aliphatic carbocycles. The van der Waals surface area contributed by atoms with Crippen LogP contribution in [0.15, 0.2) is 0 Å². The van der Waals surface area contributed by atoms with E-state index in [0.29, 0.717) is 13.0 Å². The largest absolute Gasteiger partial charge is 0.379 e. The number of hydrogen-bond donors (Lipinski definition) is 1. The highest BCUT2D eigenvalue weighted by Gasteiger charge is 2.36. The third-order valence-corrected chi connectivity index (χ3v) is 1.95. The molecule has 0 amide bonds. The lowest BCUT2D eigenvalue weighted by atomic mass is 10.1. The summed E-state index contributed by atoms with van der Waals surface area (Å²) < 4.78 is 25.3. The number of alkyl halides is 2. The molecule has 0 aromatic heterocycles. The van der Waals surface area contributed by atoms with Gasteiger partial charge >= 0.3 is 0 Å². The fourth-order valence-electron chi connectivity index (χ4n) is 1.31. The van der Waals surface area contributed by atoms with Crippen molar-refractivity contribution in [1.29, 1.82) is 0 Å². The Kier molecular flexibility index (Phi) is 2.44. The molecule has 0 spiro atoms. The zero-order valence-electron chi connectivity index (χ0n) is 6.56. The van der Waals surface area contributed by atoms with Gasteiger partial charge in [0.1, 0.15) is 6.23 Å². The molecule has 66 valence electrons. The molecule has 11 heavy (non-hydrogen) atoms. The van der Waals surface area contributed by atoms with Crippen LogP contribution in [-0.4, -0.2) is 35.2 Å². The molecule has 1 saturated heterocycles. The molecule has 1 heterocycles. The van der Waals surface area contributed by atoms with Crippen LogP contribution in [0.2, 0.25) is 0 Å². The van der Waals surface area contributed by atoms with Crippen LogP contribution in [0.3, 0.4) is 0 Å². The lowest BCUT2D eigenvalue weighted by Gasteiger charge is -2.34. The standard InChI is InChI=1S/C7H13F2NO/c1-6(11)10-4-2-3-7(8,9)5-10/h6,11H,2-5H2,1H3. The van der Waals surface area contributed by atoms with Gasteiger partial charge in [0, 0.05) is 13.0 Å². The van der Waals surface area contributed by atoms with Crippen LogP contribution >= 0.6 is 0 Å². The highest BCUT2D eigenvalue weighted by Crippen LogP contribution is 2.26. The van der Waals surface area contributed by atoms with E-state index in [0.717, 1.165) is 0 Å². The summed E-state index contributed by atoms with van der Waals surface area (Å²) in [6.45, 7) is 1.79. The van der Waals surface area contributed by atoms with E-state index in [1.807, 2.05) is 0 Å². The van der Waals surface area contributed by atoms with Crippen molar-refractivity contribution in [3.8, 4) is 0 Å². The van der Waals surface area contributed by atoms with E-state index in [9.17, 15) is 8.78 Å². The van der Waals surface area contributed by atoms with Crippen LogP contribution in [0.4, 0.5) is 8.78 Å². The number of piperidine rings is 1. The SMILES string of the molecule is CC(O)N1CCCC(F)(F)C1. The average Bonchev–Trinajstić information content (AvgIpc) is 1.85. The van der Waals surface area contributed by atoms with E-state index in [1.165, 1.54) is 11.8 Å². The fraction of sp³-hybridized carbons (Fsp3) is 1.00. The van der Waals surface area contributed by atoms with Gasteiger partial charge in [-0.15, -0.1) is 0 Å². The first kappa shape index (κ1) is 8.87. The molecule has 0 radical (unpaired) electrons. The fourth-order valence-corrected chi connectivity index (χ4v) is 1.31. The average molecular weight is 165 g/mol. The molecule has 2 nitrogen and oxygen atoms in total. The summed E-state index contributed by atoms with van der Waals surface area (Å²) in [6.07, 6.45) is -0.324. The molecule has 1 rings (SSSR count). The minimum Gasteiger partial charge on any atom is -0.379 e. The number of aliphatic hydroxyl groups is 1.